The molecule has 12 aromatic carbocycles. The van der Waals surface area contributed by atoms with Gasteiger partial charge in [-0.15, -0.1) is 0 Å². The maximum atomic E-state index is 6.74. The van der Waals surface area contributed by atoms with Gasteiger partial charge in [-0.05, 0) is 174 Å². The summed E-state index contributed by atoms with van der Waals surface area (Å²) in [5.74, 6) is 0. The summed E-state index contributed by atoms with van der Waals surface area (Å²) in [5.41, 5.74) is 26.2. The Morgan fingerprint density at radius 3 is 1.50 bits per heavy atom. The molecule has 0 amide bonds. The zero-order valence-corrected chi connectivity index (χ0v) is 43.7. The van der Waals surface area contributed by atoms with E-state index in [1.54, 1.807) is 0 Å². The van der Waals surface area contributed by atoms with Crippen molar-refractivity contribution < 1.29 is 8.83 Å². The molecular weight excluding hydrogens is 971 g/mol. The van der Waals surface area contributed by atoms with E-state index < -0.39 is 5.41 Å². The number of benzene rings is 12. The number of nitrogens with zero attached hydrogens (tertiary/aromatic N) is 1. The van der Waals surface area contributed by atoms with Gasteiger partial charge in [-0.25, -0.2) is 0 Å². The lowest BCUT2D eigenvalue weighted by molar-refractivity contribution is 0.668. The van der Waals surface area contributed by atoms with E-state index in [0.717, 1.165) is 107 Å². The number of furan rings is 2. The molecule has 3 nitrogen and oxygen atoms in total. The molecule has 3 aliphatic rings. The van der Waals surface area contributed by atoms with Crippen molar-refractivity contribution in [1.82, 2.24) is 0 Å². The van der Waals surface area contributed by atoms with Crippen molar-refractivity contribution in [2.75, 3.05) is 4.90 Å². The molecule has 0 saturated heterocycles. The van der Waals surface area contributed by atoms with Crippen molar-refractivity contribution in [3.63, 3.8) is 0 Å². The molecule has 0 unspecified atom stereocenters. The molecule has 1 spiro atoms. The highest BCUT2D eigenvalue weighted by Crippen LogP contribution is 2.65. The van der Waals surface area contributed by atoms with Gasteiger partial charge in [-0.2, -0.15) is 0 Å². The fraction of sp³-hybridized carbons (Fsp3) is 0.0390. The number of anilines is 3. The fourth-order valence-corrected chi connectivity index (χ4v) is 14.2. The Bertz CT molecular complexity index is 4880. The lowest BCUT2D eigenvalue weighted by Crippen LogP contribution is -2.26. The van der Waals surface area contributed by atoms with Crippen LogP contribution in [0, 0.1) is 0 Å². The number of fused-ring (bicyclic) bond motifs is 17. The van der Waals surface area contributed by atoms with E-state index in [0.29, 0.717) is 0 Å². The Hall–Kier alpha value is -10.2. The number of allylic oxidation sites excluding steroid dienone is 4. The maximum absolute atomic E-state index is 6.74. The summed E-state index contributed by atoms with van der Waals surface area (Å²) in [5, 5.41) is 6.75. The van der Waals surface area contributed by atoms with Crippen LogP contribution in [0.15, 0.2) is 287 Å². The summed E-state index contributed by atoms with van der Waals surface area (Å²) in [6, 6.07) is 95.7. The van der Waals surface area contributed by atoms with Crippen LogP contribution < -0.4 is 4.90 Å². The first-order valence-electron chi connectivity index (χ1n) is 27.9. The number of para-hydroxylation sites is 2. The number of hydrogen-bond donors (Lipinski definition) is 0. The molecule has 0 aliphatic heterocycles. The second kappa shape index (κ2) is 17.4. The first kappa shape index (κ1) is 44.9. The minimum atomic E-state index is -0.434. The molecule has 0 saturated carbocycles. The van der Waals surface area contributed by atoms with Crippen LogP contribution >= 0.6 is 0 Å². The summed E-state index contributed by atoms with van der Waals surface area (Å²) in [6.45, 7) is 0. The van der Waals surface area contributed by atoms with Crippen LogP contribution in [-0.2, 0) is 5.41 Å². The predicted octanol–water partition coefficient (Wildman–Crippen LogP) is 21.2. The highest BCUT2D eigenvalue weighted by atomic mass is 16.3. The predicted molar refractivity (Wildman–Crippen MR) is 332 cm³/mol. The zero-order chi connectivity index (χ0) is 52.5. The second-order valence-electron chi connectivity index (χ2n) is 21.6. The van der Waals surface area contributed by atoms with Crippen molar-refractivity contribution in [2.45, 2.75) is 18.3 Å². The molecule has 2 heterocycles. The van der Waals surface area contributed by atoms with Gasteiger partial charge in [0.25, 0.3) is 0 Å². The Morgan fingerprint density at radius 1 is 0.312 bits per heavy atom. The van der Waals surface area contributed by atoms with Gasteiger partial charge in [0.1, 0.15) is 22.3 Å². The Labute approximate surface area is 463 Å². The van der Waals surface area contributed by atoms with Gasteiger partial charge in [0.2, 0.25) is 0 Å². The third-order valence-electron chi connectivity index (χ3n) is 17.5. The Balaban J connectivity index is 0.892. The SMILES string of the molecule is C1=C2C(=CCC1)C1(c3cc(N(c4ccc(-c5ccccc5)cc4)c4ccc(-c5c(-c6ccc7oc8ccccc8c7c6-c6cccc7ccccc67)ccc6oc7ccccc7c56)cc4)ccc32)c2ccccc2-c2ccccc21. The smallest absolute Gasteiger partial charge is 0.136 e. The van der Waals surface area contributed by atoms with Gasteiger partial charge >= 0.3 is 0 Å². The van der Waals surface area contributed by atoms with Crippen molar-refractivity contribution in [1.29, 1.82) is 0 Å². The molecule has 17 rings (SSSR count). The molecule has 80 heavy (non-hydrogen) atoms. The molecule has 0 N–H and O–H groups in total. The van der Waals surface area contributed by atoms with Crippen LogP contribution in [0.4, 0.5) is 17.1 Å². The highest BCUT2D eigenvalue weighted by molar-refractivity contribution is 6.22. The first-order valence-corrected chi connectivity index (χ1v) is 27.9. The van der Waals surface area contributed by atoms with Crippen LogP contribution in [0.1, 0.15) is 35.1 Å². The summed E-state index contributed by atoms with van der Waals surface area (Å²) in [7, 11) is 0. The van der Waals surface area contributed by atoms with E-state index in [1.165, 1.54) is 66.4 Å². The van der Waals surface area contributed by atoms with Crippen molar-refractivity contribution in [3.05, 3.63) is 301 Å². The summed E-state index contributed by atoms with van der Waals surface area (Å²) in [6.07, 6.45) is 7.09. The van der Waals surface area contributed by atoms with E-state index in [9.17, 15) is 0 Å². The topological polar surface area (TPSA) is 29.5 Å². The quantitative estimate of drug-likeness (QED) is 0.159. The molecule has 14 aromatic rings. The molecule has 0 radical (unpaired) electrons. The van der Waals surface area contributed by atoms with Crippen molar-refractivity contribution >= 4 is 77.3 Å². The lowest BCUT2D eigenvalue weighted by atomic mass is 9.69. The highest BCUT2D eigenvalue weighted by Gasteiger charge is 2.53. The van der Waals surface area contributed by atoms with Crippen molar-refractivity contribution in [2.24, 2.45) is 0 Å². The lowest BCUT2D eigenvalue weighted by Gasteiger charge is -2.33. The molecule has 0 bridgehead atoms. The van der Waals surface area contributed by atoms with Gasteiger partial charge < -0.3 is 13.7 Å². The van der Waals surface area contributed by atoms with Crippen molar-refractivity contribution in [3.8, 4) is 55.6 Å². The average molecular weight is 1020 g/mol. The molecule has 3 aliphatic carbocycles. The van der Waals surface area contributed by atoms with E-state index in [1.807, 2.05) is 0 Å². The summed E-state index contributed by atoms with van der Waals surface area (Å²) < 4.78 is 13.4. The van der Waals surface area contributed by atoms with Gasteiger partial charge in [0.15, 0.2) is 0 Å². The summed E-state index contributed by atoms with van der Waals surface area (Å²) >= 11 is 0. The normalized spacial score (nSPS) is 13.9. The van der Waals surface area contributed by atoms with Crippen LogP contribution in [0.25, 0.3) is 116 Å². The monoisotopic (exact) mass is 1020 g/mol. The second-order valence-corrected chi connectivity index (χ2v) is 21.6. The third-order valence-corrected chi connectivity index (χ3v) is 17.5. The standard InChI is InChI=1S/C77H49NO2/c1-2-17-48(18-3-1)49-33-37-52(38-34-49)78(54-41-42-59-58-24-8-13-30-67(58)77(68(59)47-54)65-28-11-6-22-56(65)57-23-7-12-29-66(57)77)53-39-35-51(36-40-53)73-61(43-45-71-75(73)63-25-9-14-31-69(63)79-71)62-44-46-72-76(64-26-10-15-32-70(64)80-72)74(62)60-27-16-20-50-19-4-5-21-55(50)60/h1-7,9-12,14-47H,8,13H2. The van der Waals surface area contributed by atoms with E-state index in [4.69, 9.17) is 8.83 Å². The average Bonchev–Trinajstić information content (AvgIpc) is 4.43. The largest absolute Gasteiger partial charge is 0.456 e. The first-order chi connectivity index (χ1) is 39.7. The molecule has 374 valence electrons. The maximum Gasteiger partial charge on any atom is 0.136 e. The van der Waals surface area contributed by atoms with Gasteiger partial charge in [0.05, 0.1) is 5.41 Å². The van der Waals surface area contributed by atoms with Crippen LogP contribution in [0.2, 0.25) is 0 Å². The summed E-state index contributed by atoms with van der Waals surface area (Å²) in [4.78, 5) is 2.45. The van der Waals surface area contributed by atoms with Gasteiger partial charge in [-0.1, -0.05) is 200 Å². The third kappa shape index (κ3) is 6.43. The van der Waals surface area contributed by atoms with Gasteiger partial charge in [-0.3, -0.25) is 0 Å². The molecule has 0 atom stereocenters. The van der Waals surface area contributed by atoms with Gasteiger partial charge in [0, 0.05) is 49.7 Å². The Morgan fingerprint density at radius 2 is 0.812 bits per heavy atom. The minimum Gasteiger partial charge on any atom is -0.456 e. The van der Waals surface area contributed by atoms with Crippen LogP contribution in [0.5, 0.6) is 0 Å². The molecular formula is C77H49NO2. The minimum absolute atomic E-state index is 0.434. The molecule has 0 fully saturated rings. The fourth-order valence-electron chi connectivity index (χ4n) is 14.2. The number of rotatable bonds is 7. The Kier molecular flexibility index (Phi) is 9.75. The van der Waals surface area contributed by atoms with E-state index in [-0.39, 0.29) is 0 Å². The zero-order valence-electron chi connectivity index (χ0n) is 43.7. The van der Waals surface area contributed by atoms with E-state index >= 15 is 0 Å². The molecule has 3 heteroatoms. The van der Waals surface area contributed by atoms with Crippen LogP contribution in [0.3, 0.4) is 0 Å². The molecule has 2 aromatic heterocycles. The van der Waals surface area contributed by atoms with E-state index in [2.05, 4.69) is 278 Å². The number of hydrogen-bond acceptors (Lipinski definition) is 3. The van der Waals surface area contributed by atoms with Crippen LogP contribution in [-0.4, -0.2) is 0 Å².